The Bertz CT molecular complexity index is 956. The van der Waals surface area contributed by atoms with Crippen molar-refractivity contribution in [1.82, 2.24) is 20.4 Å². The average molecular weight is 400 g/mol. The molecule has 2 amide bonds. The zero-order valence-corrected chi connectivity index (χ0v) is 15.8. The summed E-state index contributed by atoms with van der Waals surface area (Å²) in [5.41, 5.74) is 11.8. The van der Waals surface area contributed by atoms with Gasteiger partial charge in [0.15, 0.2) is 5.16 Å². The number of fused-ring (bicyclic) bond motifs is 1. The van der Waals surface area contributed by atoms with E-state index < -0.39 is 0 Å². The van der Waals surface area contributed by atoms with E-state index >= 15 is 0 Å². The van der Waals surface area contributed by atoms with Crippen molar-refractivity contribution in [3.05, 3.63) is 54.1 Å². The van der Waals surface area contributed by atoms with Crippen LogP contribution in [0, 0.1) is 0 Å². The quantitative estimate of drug-likeness (QED) is 0.450. The van der Waals surface area contributed by atoms with Crippen molar-refractivity contribution in [2.75, 3.05) is 17.2 Å². The highest BCUT2D eigenvalue weighted by Crippen LogP contribution is 2.37. The number of nitrogens with zero attached hydrogens (tertiary/aromatic N) is 2. The summed E-state index contributed by atoms with van der Waals surface area (Å²) < 4.78 is 0. The summed E-state index contributed by atoms with van der Waals surface area (Å²) in [6, 6.07) is 15.0. The van der Waals surface area contributed by atoms with E-state index in [9.17, 15) is 9.59 Å². The third-order valence-electron chi connectivity index (χ3n) is 4.04. The average Bonchev–Trinajstić information content (AvgIpc) is 3.24. The lowest BCUT2D eigenvalue weighted by Gasteiger charge is -2.24. The zero-order valence-electron chi connectivity index (χ0n) is 14.2. The van der Waals surface area contributed by atoms with Gasteiger partial charge in [-0.3, -0.25) is 15.0 Å². The van der Waals surface area contributed by atoms with Crippen LogP contribution in [-0.4, -0.2) is 38.3 Å². The minimum Gasteiger partial charge on any atom is -0.399 e. The standard InChI is InChI=1S/C18H17N5O2S2/c19-12-7-5-11(6-8-12)17-23(16(25)10-26-17)22-15(24)9-27-18-20-13-3-1-2-4-14(13)21-18/h1-8,17H,9-10,19H2,(H,20,21)(H,22,24). The first-order chi connectivity index (χ1) is 13.1. The van der Waals surface area contributed by atoms with E-state index in [1.54, 1.807) is 12.1 Å². The van der Waals surface area contributed by atoms with Crippen molar-refractivity contribution in [2.24, 2.45) is 0 Å². The van der Waals surface area contributed by atoms with Crippen LogP contribution in [0.4, 0.5) is 5.69 Å². The van der Waals surface area contributed by atoms with Crippen molar-refractivity contribution in [3.63, 3.8) is 0 Å². The fourth-order valence-electron chi connectivity index (χ4n) is 2.75. The van der Waals surface area contributed by atoms with Crippen LogP contribution in [0.5, 0.6) is 0 Å². The second-order valence-corrected chi connectivity index (χ2v) is 8.01. The van der Waals surface area contributed by atoms with E-state index in [0.717, 1.165) is 16.6 Å². The monoisotopic (exact) mass is 399 g/mol. The SMILES string of the molecule is Nc1ccc(C2SCC(=O)N2NC(=O)CSc2nc3ccccc3[nH]2)cc1. The number of nitrogens with one attached hydrogen (secondary N) is 2. The first-order valence-electron chi connectivity index (χ1n) is 8.26. The molecule has 1 fully saturated rings. The Balaban J connectivity index is 1.39. The minimum absolute atomic E-state index is 0.121. The summed E-state index contributed by atoms with van der Waals surface area (Å²) in [5, 5.41) is 1.82. The number of aromatic nitrogens is 2. The van der Waals surface area contributed by atoms with E-state index in [1.807, 2.05) is 36.4 Å². The number of amides is 2. The number of hydrogen-bond donors (Lipinski definition) is 3. The number of nitrogens with two attached hydrogens (primary N) is 1. The number of imidazole rings is 1. The molecular weight excluding hydrogens is 382 g/mol. The molecule has 1 aliphatic heterocycles. The van der Waals surface area contributed by atoms with Gasteiger partial charge in [0, 0.05) is 5.69 Å². The van der Waals surface area contributed by atoms with Gasteiger partial charge in [-0.2, -0.15) is 0 Å². The Morgan fingerprint density at radius 2 is 2.07 bits per heavy atom. The Labute approximate surface area is 164 Å². The molecule has 4 N–H and O–H groups in total. The number of carbonyl (C=O) groups excluding carboxylic acids is 2. The fraction of sp³-hybridized carbons (Fsp3) is 0.167. The summed E-state index contributed by atoms with van der Waals surface area (Å²) in [6.45, 7) is 0. The van der Waals surface area contributed by atoms with Gasteiger partial charge in [0.1, 0.15) is 5.37 Å². The van der Waals surface area contributed by atoms with Gasteiger partial charge in [-0.1, -0.05) is 36.0 Å². The molecule has 138 valence electrons. The van der Waals surface area contributed by atoms with E-state index in [2.05, 4.69) is 15.4 Å². The van der Waals surface area contributed by atoms with Gasteiger partial charge in [0.2, 0.25) is 5.91 Å². The van der Waals surface area contributed by atoms with Crippen molar-refractivity contribution < 1.29 is 9.59 Å². The fourth-order valence-corrected chi connectivity index (χ4v) is 4.54. The maximum absolute atomic E-state index is 12.4. The summed E-state index contributed by atoms with van der Waals surface area (Å²) in [4.78, 5) is 32.2. The number of aromatic amines is 1. The minimum atomic E-state index is -0.253. The topological polar surface area (TPSA) is 104 Å². The van der Waals surface area contributed by atoms with Crippen molar-refractivity contribution in [3.8, 4) is 0 Å². The van der Waals surface area contributed by atoms with Gasteiger partial charge >= 0.3 is 0 Å². The molecule has 7 nitrogen and oxygen atoms in total. The van der Waals surface area contributed by atoms with Gasteiger partial charge < -0.3 is 10.7 Å². The zero-order chi connectivity index (χ0) is 18.8. The lowest BCUT2D eigenvalue weighted by Crippen LogP contribution is -2.45. The highest BCUT2D eigenvalue weighted by molar-refractivity contribution is 8.00. The maximum Gasteiger partial charge on any atom is 0.252 e. The molecule has 3 aromatic rings. The van der Waals surface area contributed by atoms with Crippen LogP contribution in [0.2, 0.25) is 0 Å². The van der Waals surface area contributed by atoms with Crippen LogP contribution >= 0.6 is 23.5 Å². The number of thioether (sulfide) groups is 2. The van der Waals surface area contributed by atoms with Crippen LogP contribution in [0.25, 0.3) is 11.0 Å². The van der Waals surface area contributed by atoms with Crippen molar-refractivity contribution in [1.29, 1.82) is 0 Å². The van der Waals surface area contributed by atoms with Gasteiger partial charge in [-0.05, 0) is 29.8 Å². The van der Waals surface area contributed by atoms with E-state index in [-0.39, 0.29) is 22.9 Å². The highest BCUT2D eigenvalue weighted by Gasteiger charge is 2.34. The molecule has 1 aliphatic rings. The Kier molecular flexibility index (Phi) is 4.95. The molecular formula is C18H17N5O2S2. The van der Waals surface area contributed by atoms with Crippen LogP contribution < -0.4 is 11.2 Å². The molecule has 0 bridgehead atoms. The lowest BCUT2D eigenvalue weighted by molar-refractivity contribution is -0.138. The van der Waals surface area contributed by atoms with Gasteiger partial charge in [0.25, 0.3) is 5.91 Å². The number of hydrogen-bond acceptors (Lipinski definition) is 6. The number of para-hydroxylation sites is 2. The molecule has 1 unspecified atom stereocenters. The lowest BCUT2D eigenvalue weighted by atomic mass is 10.2. The Morgan fingerprint density at radius 3 is 2.85 bits per heavy atom. The molecule has 2 heterocycles. The number of carbonyl (C=O) groups is 2. The molecule has 0 radical (unpaired) electrons. The number of anilines is 1. The molecule has 1 aromatic heterocycles. The highest BCUT2D eigenvalue weighted by atomic mass is 32.2. The second-order valence-electron chi connectivity index (χ2n) is 5.98. The van der Waals surface area contributed by atoms with Gasteiger partial charge in [0.05, 0.1) is 22.5 Å². The summed E-state index contributed by atoms with van der Waals surface area (Å²) >= 11 is 2.77. The molecule has 27 heavy (non-hydrogen) atoms. The number of hydrazine groups is 1. The molecule has 9 heteroatoms. The van der Waals surface area contributed by atoms with Gasteiger partial charge in [-0.25, -0.2) is 9.99 Å². The van der Waals surface area contributed by atoms with Crippen LogP contribution in [0.1, 0.15) is 10.9 Å². The molecule has 0 aliphatic carbocycles. The van der Waals surface area contributed by atoms with E-state index in [1.165, 1.54) is 28.5 Å². The number of rotatable bonds is 5. The van der Waals surface area contributed by atoms with Crippen molar-refractivity contribution >= 4 is 52.1 Å². The third-order valence-corrected chi connectivity index (χ3v) is 6.13. The number of H-pyrrole nitrogens is 1. The molecule has 2 aromatic carbocycles. The van der Waals surface area contributed by atoms with Gasteiger partial charge in [-0.15, -0.1) is 11.8 Å². The first kappa shape index (κ1) is 17.7. The number of nitrogen functional groups attached to an aromatic ring is 1. The molecule has 1 saturated heterocycles. The van der Waals surface area contributed by atoms with E-state index in [4.69, 9.17) is 5.73 Å². The third kappa shape index (κ3) is 3.88. The van der Waals surface area contributed by atoms with Crippen LogP contribution in [-0.2, 0) is 9.59 Å². The van der Waals surface area contributed by atoms with Crippen LogP contribution in [0.3, 0.4) is 0 Å². The summed E-state index contributed by atoms with van der Waals surface area (Å²) in [6.07, 6.45) is 0. The normalized spacial score (nSPS) is 16.8. The predicted molar refractivity (Wildman–Crippen MR) is 108 cm³/mol. The summed E-state index contributed by atoms with van der Waals surface area (Å²) in [5.74, 6) is 0.107. The maximum atomic E-state index is 12.4. The second kappa shape index (κ2) is 7.53. The Hall–Kier alpha value is -2.65. The molecule has 0 spiro atoms. The largest absolute Gasteiger partial charge is 0.399 e. The first-order valence-corrected chi connectivity index (χ1v) is 10.3. The van der Waals surface area contributed by atoms with E-state index in [0.29, 0.717) is 16.6 Å². The summed E-state index contributed by atoms with van der Waals surface area (Å²) in [7, 11) is 0. The van der Waals surface area contributed by atoms with Crippen LogP contribution in [0.15, 0.2) is 53.7 Å². The smallest absolute Gasteiger partial charge is 0.252 e. The van der Waals surface area contributed by atoms with Crippen molar-refractivity contribution in [2.45, 2.75) is 10.5 Å². The molecule has 4 rings (SSSR count). The Morgan fingerprint density at radius 1 is 1.30 bits per heavy atom. The predicted octanol–water partition coefficient (Wildman–Crippen LogP) is 2.54. The number of benzene rings is 2. The molecule has 1 atom stereocenters. The molecule has 0 saturated carbocycles.